The van der Waals surface area contributed by atoms with Gasteiger partial charge in [-0.3, -0.25) is 4.68 Å². The maximum absolute atomic E-state index is 13.6. The van der Waals surface area contributed by atoms with Crippen molar-refractivity contribution < 1.29 is 17.6 Å². The van der Waals surface area contributed by atoms with Gasteiger partial charge in [-0.15, -0.1) is 0 Å². The lowest BCUT2D eigenvalue weighted by atomic mass is 10.1. The van der Waals surface area contributed by atoms with E-state index in [0.29, 0.717) is 22.6 Å². The van der Waals surface area contributed by atoms with E-state index in [2.05, 4.69) is 10.1 Å². The summed E-state index contributed by atoms with van der Waals surface area (Å²) in [4.78, 5) is 4.20. The topological polar surface area (TPSA) is 30.2 Å². The first-order chi connectivity index (χ1) is 11.8. The quantitative estimate of drug-likeness (QED) is 0.485. The molecule has 0 aliphatic heterocycles. The Balaban J connectivity index is 1.86. The highest BCUT2D eigenvalue weighted by molar-refractivity contribution is 5.82. The van der Waals surface area contributed by atoms with Crippen LogP contribution in [0.15, 0.2) is 59.6 Å². The number of hydrogen-bond donors (Lipinski definition) is 0. The Hall–Kier alpha value is -2.96. The summed E-state index contributed by atoms with van der Waals surface area (Å²) in [5.41, 5.74) is 0.637. The molecule has 3 rings (SSSR count). The van der Waals surface area contributed by atoms with Crippen molar-refractivity contribution in [2.75, 3.05) is 0 Å². The van der Waals surface area contributed by atoms with E-state index in [-0.39, 0.29) is 0 Å². The highest BCUT2D eigenvalue weighted by atomic mass is 19.4. The van der Waals surface area contributed by atoms with Gasteiger partial charge in [0.2, 0.25) is 0 Å². The van der Waals surface area contributed by atoms with Gasteiger partial charge < -0.3 is 0 Å². The first kappa shape index (κ1) is 16.9. The molecule has 0 bridgehead atoms. The van der Waals surface area contributed by atoms with Crippen LogP contribution in [0, 0.1) is 5.82 Å². The van der Waals surface area contributed by atoms with Crippen molar-refractivity contribution in [3.63, 3.8) is 0 Å². The monoisotopic (exact) mass is 347 g/mol. The lowest BCUT2D eigenvalue weighted by Crippen LogP contribution is -2.04. The summed E-state index contributed by atoms with van der Waals surface area (Å²) >= 11 is 0. The largest absolute Gasteiger partial charge is 0.416 e. The fourth-order valence-electron chi connectivity index (χ4n) is 2.26. The average molecular weight is 347 g/mol. The van der Waals surface area contributed by atoms with Crippen molar-refractivity contribution in [3.05, 3.63) is 71.5 Å². The third kappa shape index (κ3) is 3.76. The number of aryl methyl sites for hydroxylation is 1. The fraction of sp³-hybridized carbons (Fsp3) is 0.111. The summed E-state index contributed by atoms with van der Waals surface area (Å²) in [6, 6.07) is 12.6. The molecule has 0 aliphatic rings. The molecular weight excluding hydrogens is 334 g/mol. The molecule has 0 amide bonds. The van der Waals surface area contributed by atoms with Crippen LogP contribution in [0.25, 0.3) is 11.3 Å². The SMILES string of the molecule is Cn1nc(-c2ccc(C(F)(F)F)cc2)cc1/N=C/c1ccccc1F. The molecular formula is C18H13F4N3. The molecule has 128 valence electrons. The van der Waals surface area contributed by atoms with Gasteiger partial charge in [-0.2, -0.15) is 18.3 Å². The Morgan fingerprint density at radius 2 is 1.72 bits per heavy atom. The predicted molar refractivity (Wildman–Crippen MR) is 87.3 cm³/mol. The summed E-state index contributed by atoms with van der Waals surface area (Å²) in [6.07, 6.45) is -3.00. The second-order valence-electron chi connectivity index (χ2n) is 5.37. The second-order valence-corrected chi connectivity index (χ2v) is 5.37. The molecule has 0 atom stereocenters. The van der Waals surface area contributed by atoms with E-state index < -0.39 is 17.6 Å². The smallest absolute Gasteiger partial charge is 0.250 e. The van der Waals surface area contributed by atoms with Crippen molar-refractivity contribution in [2.45, 2.75) is 6.18 Å². The van der Waals surface area contributed by atoms with Crippen molar-refractivity contribution in [3.8, 4) is 11.3 Å². The summed E-state index contributed by atoms with van der Waals surface area (Å²) in [5.74, 6) is 0.0644. The van der Waals surface area contributed by atoms with E-state index in [4.69, 9.17) is 0 Å². The number of hydrogen-bond acceptors (Lipinski definition) is 2. The predicted octanol–water partition coefficient (Wildman–Crippen LogP) is 5.00. The van der Waals surface area contributed by atoms with E-state index in [1.807, 2.05) is 0 Å². The zero-order chi connectivity index (χ0) is 18.0. The molecule has 0 N–H and O–H groups in total. The van der Waals surface area contributed by atoms with Gasteiger partial charge in [0.25, 0.3) is 0 Å². The lowest BCUT2D eigenvalue weighted by Gasteiger charge is -2.06. The minimum Gasteiger partial charge on any atom is -0.250 e. The molecule has 25 heavy (non-hydrogen) atoms. The van der Waals surface area contributed by atoms with Crippen molar-refractivity contribution in [1.29, 1.82) is 0 Å². The molecule has 0 saturated heterocycles. The van der Waals surface area contributed by atoms with Crippen molar-refractivity contribution in [1.82, 2.24) is 9.78 Å². The summed E-state index contributed by atoms with van der Waals surface area (Å²) in [7, 11) is 1.65. The number of halogens is 4. The maximum atomic E-state index is 13.6. The van der Waals surface area contributed by atoms with Gasteiger partial charge in [0, 0.05) is 30.5 Å². The zero-order valence-electron chi connectivity index (χ0n) is 13.1. The Morgan fingerprint density at radius 3 is 2.36 bits per heavy atom. The number of benzene rings is 2. The van der Waals surface area contributed by atoms with E-state index in [1.165, 1.54) is 29.1 Å². The van der Waals surface area contributed by atoms with Crippen LogP contribution in [0.1, 0.15) is 11.1 Å². The normalized spacial score (nSPS) is 12.0. The van der Waals surface area contributed by atoms with Gasteiger partial charge in [-0.05, 0) is 18.2 Å². The van der Waals surface area contributed by atoms with Crippen LogP contribution in [-0.4, -0.2) is 16.0 Å². The number of alkyl halides is 3. The highest BCUT2D eigenvalue weighted by Gasteiger charge is 2.30. The first-order valence-electron chi connectivity index (χ1n) is 7.35. The first-order valence-corrected chi connectivity index (χ1v) is 7.35. The molecule has 0 unspecified atom stereocenters. The molecule has 2 aromatic carbocycles. The van der Waals surface area contributed by atoms with E-state index in [0.717, 1.165) is 12.1 Å². The molecule has 0 aliphatic carbocycles. The molecule has 0 fully saturated rings. The zero-order valence-corrected chi connectivity index (χ0v) is 13.1. The van der Waals surface area contributed by atoms with Gasteiger partial charge in [0.05, 0.1) is 11.3 Å². The second kappa shape index (κ2) is 6.51. The molecule has 0 radical (unpaired) electrons. The highest BCUT2D eigenvalue weighted by Crippen LogP contribution is 2.31. The van der Waals surface area contributed by atoms with E-state index in [1.54, 1.807) is 31.3 Å². The van der Waals surface area contributed by atoms with Crippen LogP contribution in [0.2, 0.25) is 0 Å². The summed E-state index contributed by atoms with van der Waals surface area (Å²) < 4.78 is 52.9. The van der Waals surface area contributed by atoms with Gasteiger partial charge >= 0.3 is 6.18 Å². The minimum absolute atomic E-state index is 0.333. The standard InChI is InChI=1S/C18H13F4N3/c1-25-17(23-11-13-4-2-3-5-15(13)19)10-16(24-25)12-6-8-14(9-7-12)18(20,21)22/h2-11H,1H3/b23-11+. The Kier molecular flexibility index (Phi) is 4.39. The van der Waals surface area contributed by atoms with Crippen LogP contribution in [-0.2, 0) is 13.2 Å². The molecule has 0 spiro atoms. The van der Waals surface area contributed by atoms with Crippen LogP contribution in [0.3, 0.4) is 0 Å². The third-order valence-electron chi connectivity index (χ3n) is 3.60. The summed E-state index contributed by atoms with van der Waals surface area (Å²) in [5, 5.41) is 4.24. The van der Waals surface area contributed by atoms with Crippen molar-refractivity contribution in [2.24, 2.45) is 12.0 Å². The third-order valence-corrected chi connectivity index (χ3v) is 3.60. The number of aromatic nitrogens is 2. The van der Waals surface area contributed by atoms with Gasteiger partial charge in [0.1, 0.15) is 5.82 Å². The molecule has 1 heterocycles. The Labute approximate surface area is 141 Å². The number of rotatable bonds is 3. The lowest BCUT2D eigenvalue weighted by molar-refractivity contribution is -0.137. The van der Waals surface area contributed by atoms with Gasteiger partial charge in [0.15, 0.2) is 5.82 Å². The summed E-state index contributed by atoms with van der Waals surface area (Å²) in [6.45, 7) is 0. The number of nitrogens with zero attached hydrogens (tertiary/aromatic N) is 3. The Morgan fingerprint density at radius 1 is 1.04 bits per heavy atom. The molecule has 0 saturated carbocycles. The van der Waals surface area contributed by atoms with Crippen LogP contribution in [0.5, 0.6) is 0 Å². The molecule has 3 nitrogen and oxygen atoms in total. The van der Waals surface area contributed by atoms with Crippen LogP contribution >= 0.6 is 0 Å². The average Bonchev–Trinajstić information content (AvgIpc) is 2.94. The van der Waals surface area contributed by atoms with Crippen LogP contribution < -0.4 is 0 Å². The molecule has 7 heteroatoms. The molecule has 1 aromatic heterocycles. The van der Waals surface area contributed by atoms with Crippen LogP contribution in [0.4, 0.5) is 23.4 Å². The number of aliphatic imine (C=N–C) groups is 1. The fourth-order valence-corrected chi connectivity index (χ4v) is 2.26. The minimum atomic E-state index is -4.38. The van der Waals surface area contributed by atoms with E-state index >= 15 is 0 Å². The Bertz CT molecular complexity index is 909. The van der Waals surface area contributed by atoms with Crippen molar-refractivity contribution >= 4 is 12.0 Å². The van der Waals surface area contributed by atoms with Gasteiger partial charge in [-0.25, -0.2) is 9.38 Å². The van der Waals surface area contributed by atoms with E-state index in [9.17, 15) is 17.6 Å². The van der Waals surface area contributed by atoms with Gasteiger partial charge in [-0.1, -0.05) is 30.3 Å². The maximum Gasteiger partial charge on any atom is 0.416 e. The molecule has 3 aromatic rings.